The van der Waals surface area contributed by atoms with Crippen LogP contribution in [0, 0.1) is 12.8 Å². The van der Waals surface area contributed by atoms with Crippen LogP contribution in [0.15, 0.2) is 61.1 Å². The molecule has 0 spiro atoms. The monoisotopic (exact) mass is 586 g/mol. The van der Waals surface area contributed by atoms with Gasteiger partial charge in [0, 0.05) is 31.6 Å². The van der Waals surface area contributed by atoms with Gasteiger partial charge in [-0.05, 0) is 80.2 Å². The average molecular weight is 587 g/mol. The molecule has 1 amide bonds. The summed E-state index contributed by atoms with van der Waals surface area (Å²) in [6, 6.07) is 14.8. The number of hydrazine groups is 1. The first-order valence-electron chi connectivity index (χ1n) is 15.1. The third-order valence-corrected chi connectivity index (χ3v) is 8.15. The molecule has 1 aliphatic carbocycles. The number of benzene rings is 2. The third kappa shape index (κ3) is 8.86. The van der Waals surface area contributed by atoms with Crippen molar-refractivity contribution in [2.45, 2.75) is 83.7 Å². The van der Waals surface area contributed by atoms with Gasteiger partial charge >= 0.3 is 6.15 Å². The number of aromatic nitrogens is 3. The Morgan fingerprint density at radius 3 is 2.70 bits per heavy atom. The van der Waals surface area contributed by atoms with Gasteiger partial charge in [0.2, 0.25) is 5.91 Å². The molecule has 0 saturated carbocycles. The van der Waals surface area contributed by atoms with Crippen LogP contribution < -0.4 is 10.7 Å². The lowest BCUT2D eigenvalue weighted by Crippen LogP contribution is -2.50. The molecular formula is C33H42N6O4. The SMILES string of the molecule is Cc1ccc(NN2C=CNC(=O)[C@H]2Cc2cn([C@@H]3CCCc4cc(CCCCC[C@@H](C)CO)ccc43)nn2)cc1.O=C=O. The van der Waals surface area contributed by atoms with Crippen LogP contribution in [0.2, 0.25) is 0 Å². The highest BCUT2D eigenvalue weighted by atomic mass is 16.3. The maximum Gasteiger partial charge on any atom is 0.373 e. The molecule has 3 aromatic rings. The zero-order chi connectivity index (χ0) is 30.6. The van der Waals surface area contributed by atoms with Crippen LogP contribution >= 0.6 is 0 Å². The summed E-state index contributed by atoms with van der Waals surface area (Å²) >= 11 is 0. The van der Waals surface area contributed by atoms with Crippen molar-refractivity contribution in [1.82, 2.24) is 25.3 Å². The highest BCUT2D eigenvalue weighted by Gasteiger charge is 2.29. The molecule has 1 aliphatic heterocycles. The van der Waals surface area contributed by atoms with Crippen molar-refractivity contribution in [2.24, 2.45) is 5.92 Å². The summed E-state index contributed by atoms with van der Waals surface area (Å²) in [7, 11) is 0. The largest absolute Gasteiger partial charge is 0.396 e. The van der Waals surface area contributed by atoms with Gasteiger partial charge in [0.1, 0.15) is 6.04 Å². The molecule has 0 fully saturated rings. The van der Waals surface area contributed by atoms with E-state index in [1.54, 1.807) is 6.20 Å². The van der Waals surface area contributed by atoms with Crippen LogP contribution in [-0.4, -0.2) is 49.8 Å². The molecule has 2 aliphatic rings. The molecule has 3 atom stereocenters. The topological polar surface area (TPSA) is 129 Å². The Balaban J connectivity index is 0.00000135. The molecule has 2 aromatic carbocycles. The number of aliphatic hydroxyl groups excluding tert-OH is 1. The lowest BCUT2D eigenvalue weighted by molar-refractivity contribution is -0.191. The summed E-state index contributed by atoms with van der Waals surface area (Å²) in [5.41, 5.74) is 10.4. The first-order valence-corrected chi connectivity index (χ1v) is 15.1. The molecule has 0 saturated heterocycles. The van der Waals surface area contributed by atoms with Crippen molar-refractivity contribution in [3.63, 3.8) is 0 Å². The lowest BCUT2D eigenvalue weighted by Gasteiger charge is -2.32. The Kier molecular flexibility index (Phi) is 11.6. The van der Waals surface area contributed by atoms with Crippen LogP contribution in [0.3, 0.4) is 0 Å². The average Bonchev–Trinajstić information content (AvgIpc) is 3.48. The van der Waals surface area contributed by atoms with Crippen molar-refractivity contribution < 1.29 is 19.5 Å². The first kappa shape index (κ1) is 31.7. The molecule has 1 aromatic heterocycles. The maximum absolute atomic E-state index is 12.8. The molecule has 2 heterocycles. The fraction of sp³-hybridized carbons (Fsp3) is 0.455. The zero-order valence-corrected chi connectivity index (χ0v) is 25.0. The Morgan fingerprint density at radius 1 is 1.14 bits per heavy atom. The number of aryl methyl sites for hydroxylation is 3. The molecule has 228 valence electrons. The van der Waals surface area contributed by atoms with Crippen molar-refractivity contribution in [2.75, 3.05) is 12.0 Å². The van der Waals surface area contributed by atoms with Gasteiger partial charge in [0.15, 0.2) is 0 Å². The fourth-order valence-electron chi connectivity index (χ4n) is 5.73. The van der Waals surface area contributed by atoms with Crippen LogP contribution in [0.4, 0.5) is 5.69 Å². The van der Waals surface area contributed by atoms with Gasteiger partial charge in [-0.25, -0.2) is 4.68 Å². The van der Waals surface area contributed by atoms with E-state index in [2.05, 4.69) is 53.1 Å². The minimum Gasteiger partial charge on any atom is -0.396 e. The van der Waals surface area contributed by atoms with Gasteiger partial charge in [0.05, 0.1) is 17.4 Å². The summed E-state index contributed by atoms with van der Waals surface area (Å²) in [6.45, 7) is 4.45. The Morgan fingerprint density at radius 2 is 1.93 bits per heavy atom. The Hall–Kier alpha value is -4.27. The minimum atomic E-state index is -0.440. The number of hydrogen-bond donors (Lipinski definition) is 3. The van der Waals surface area contributed by atoms with Crippen LogP contribution in [-0.2, 0) is 33.6 Å². The van der Waals surface area contributed by atoms with E-state index in [9.17, 15) is 9.90 Å². The molecule has 43 heavy (non-hydrogen) atoms. The molecule has 3 N–H and O–H groups in total. The second kappa shape index (κ2) is 15.8. The first-order chi connectivity index (χ1) is 20.9. The predicted molar refractivity (Wildman–Crippen MR) is 162 cm³/mol. The number of amides is 1. The lowest BCUT2D eigenvalue weighted by atomic mass is 9.86. The number of anilines is 1. The third-order valence-electron chi connectivity index (χ3n) is 8.15. The summed E-state index contributed by atoms with van der Waals surface area (Å²) in [5, 5.41) is 22.9. The van der Waals surface area contributed by atoms with Gasteiger partial charge < -0.3 is 10.4 Å². The van der Waals surface area contributed by atoms with Crippen molar-refractivity contribution in [3.05, 3.63) is 89.0 Å². The van der Waals surface area contributed by atoms with Crippen molar-refractivity contribution in [3.8, 4) is 0 Å². The number of carbonyl (C=O) groups excluding carboxylic acids is 3. The molecule has 0 radical (unpaired) electrons. The van der Waals surface area contributed by atoms with E-state index in [-0.39, 0.29) is 24.7 Å². The van der Waals surface area contributed by atoms with Crippen molar-refractivity contribution in [1.29, 1.82) is 0 Å². The summed E-state index contributed by atoms with van der Waals surface area (Å²) in [6.07, 6.45) is 15.3. The van der Waals surface area contributed by atoms with E-state index in [0.29, 0.717) is 12.3 Å². The number of unbranched alkanes of at least 4 members (excludes halogenated alkanes) is 2. The molecule has 10 nitrogen and oxygen atoms in total. The number of nitrogens with zero attached hydrogens (tertiary/aromatic N) is 4. The van der Waals surface area contributed by atoms with Gasteiger partial charge in [-0.2, -0.15) is 9.59 Å². The number of aliphatic hydroxyl groups is 1. The van der Waals surface area contributed by atoms with E-state index in [4.69, 9.17) is 9.59 Å². The summed E-state index contributed by atoms with van der Waals surface area (Å²) < 4.78 is 1.99. The fourth-order valence-corrected chi connectivity index (χ4v) is 5.73. The number of fused-ring (bicyclic) bond motifs is 1. The smallest absolute Gasteiger partial charge is 0.373 e. The Bertz CT molecular complexity index is 1400. The highest BCUT2D eigenvalue weighted by molar-refractivity contribution is 5.84. The molecule has 0 unspecified atom stereocenters. The minimum absolute atomic E-state index is 0.0740. The predicted octanol–water partition coefficient (Wildman–Crippen LogP) is 4.50. The standard InChI is InChI=1S/C32H42N6O2.CO2/c1-23-11-14-27(15-12-23)35-37-18-17-33-32(40)31(37)20-28-21-38(36-34-28)30-10-6-9-26-19-25(13-16-29(26)30)8-5-3-4-7-24(2)22-39;2-1-3/h11-19,21,24,30-31,35,39H,3-10,20,22H2,1-2H3,(H,33,40);/t24-,30-,31-;/m1./s1. The van der Waals surface area contributed by atoms with Crippen LogP contribution in [0.25, 0.3) is 0 Å². The maximum atomic E-state index is 12.8. The molecule has 5 rings (SSSR count). The van der Waals surface area contributed by atoms with E-state index in [0.717, 1.165) is 43.5 Å². The number of hydrogen-bond acceptors (Lipinski definition) is 8. The van der Waals surface area contributed by atoms with E-state index < -0.39 is 6.04 Å². The van der Waals surface area contributed by atoms with E-state index >= 15 is 0 Å². The van der Waals surface area contributed by atoms with E-state index in [1.165, 1.54) is 41.5 Å². The molecule has 0 bridgehead atoms. The summed E-state index contributed by atoms with van der Waals surface area (Å²) in [4.78, 5) is 29.1. The normalized spacial score (nSPS) is 18.1. The number of rotatable bonds is 12. The second-order valence-corrected chi connectivity index (χ2v) is 11.5. The zero-order valence-electron chi connectivity index (χ0n) is 25.0. The molecule has 10 heteroatoms. The van der Waals surface area contributed by atoms with Crippen molar-refractivity contribution >= 4 is 17.7 Å². The Labute approximate surface area is 253 Å². The van der Waals surface area contributed by atoms with Gasteiger partial charge in [-0.1, -0.05) is 60.9 Å². The van der Waals surface area contributed by atoms with Crippen LogP contribution in [0.5, 0.6) is 0 Å². The van der Waals surface area contributed by atoms with Crippen LogP contribution in [0.1, 0.15) is 79.4 Å². The van der Waals surface area contributed by atoms with Gasteiger partial charge in [0.25, 0.3) is 0 Å². The number of nitrogens with one attached hydrogen (secondary N) is 2. The van der Waals surface area contributed by atoms with E-state index in [1.807, 2.05) is 46.4 Å². The van der Waals surface area contributed by atoms with Gasteiger partial charge in [-0.3, -0.25) is 15.2 Å². The highest BCUT2D eigenvalue weighted by Crippen LogP contribution is 2.33. The number of carbonyl (C=O) groups is 1. The quantitative estimate of drug-likeness (QED) is 0.265. The molecular weight excluding hydrogens is 544 g/mol. The summed E-state index contributed by atoms with van der Waals surface area (Å²) in [5.74, 6) is 0.332. The van der Waals surface area contributed by atoms with Gasteiger partial charge in [-0.15, -0.1) is 5.10 Å². The second-order valence-electron chi connectivity index (χ2n) is 11.5.